The van der Waals surface area contributed by atoms with E-state index in [0.29, 0.717) is 19.3 Å². The van der Waals surface area contributed by atoms with Crippen LogP contribution in [0, 0.1) is 0 Å². The van der Waals surface area contributed by atoms with E-state index in [-0.39, 0.29) is 11.9 Å². The average molecular weight is 242 g/mol. The first-order valence-electron chi connectivity index (χ1n) is 6.18. The van der Waals surface area contributed by atoms with Gasteiger partial charge in [-0.15, -0.1) is 0 Å². The molecule has 1 aliphatic rings. The summed E-state index contributed by atoms with van der Waals surface area (Å²) in [6.45, 7) is 0.804. The van der Waals surface area contributed by atoms with Crippen LogP contribution >= 0.6 is 0 Å². The smallest absolute Gasteiger partial charge is 0.331 e. The number of methoxy groups -OCH3 is 1. The van der Waals surface area contributed by atoms with Crippen LogP contribution in [0.25, 0.3) is 0 Å². The van der Waals surface area contributed by atoms with E-state index in [1.807, 2.05) is 7.05 Å². The van der Waals surface area contributed by atoms with Gasteiger partial charge < -0.3 is 15.4 Å². The average Bonchev–Trinajstić information content (AvgIpc) is 2.78. The highest BCUT2D eigenvalue weighted by Gasteiger charge is 2.43. The molecule has 1 fully saturated rings. The van der Waals surface area contributed by atoms with Crippen molar-refractivity contribution in [1.29, 1.82) is 0 Å². The van der Waals surface area contributed by atoms with Gasteiger partial charge >= 0.3 is 5.97 Å². The molecule has 1 amide bonds. The summed E-state index contributed by atoms with van der Waals surface area (Å²) in [4.78, 5) is 23.5. The molecule has 1 aliphatic carbocycles. The van der Waals surface area contributed by atoms with E-state index in [1.54, 1.807) is 0 Å². The van der Waals surface area contributed by atoms with Crippen LogP contribution in [-0.2, 0) is 14.3 Å². The summed E-state index contributed by atoms with van der Waals surface area (Å²) in [6.07, 6.45) is 4.53. The van der Waals surface area contributed by atoms with Gasteiger partial charge in [0.2, 0.25) is 5.91 Å². The third kappa shape index (κ3) is 3.70. The third-order valence-corrected chi connectivity index (χ3v) is 3.24. The lowest BCUT2D eigenvalue weighted by atomic mass is 9.97. The van der Waals surface area contributed by atoms with Crippen molar-refractivity contribution in [2.45, 2.75) is 44.1 Å². The second kappa shape index (κ2) is 6.59. The second-order valence-electron chi connectivity index (χ2n) is 4.54. The SMILES string of the molecule is CNCCCC(=O)NC1(C(=O)OC)CCCC1. The summed E-state index contributed by atoms with van der Waals surface area (Å²) in [7, 11) is 3.22. The predicted molar refractivity (Wildman–Crippen MR) is 64.5 cm³/mol. The molecule has 2 N–H and O–H groups in total. The van der Waals surface area contributed by atoms with Gasteiger partial charge in [-0.25, -0.2) is 4.79 Å². The molecule has 0 aliphatic heterocycles. The van der Waals surface area contributed by atoms with Crippen molar-refractivity contribution in [3.8, 4) is 0 Å². The van der Waals surface area contributed by atoms with Gasteiger partial charge in [0.1, 0.15) is 5.54 Å². The van der Waals surface area contributed by atoms with Crippen LogP contribution < -0.4 is 10.6 Å². The zero-order chi connectivity index (χ0) is 12.7. The van der Waals surface area contributed by atoms with Gasteiger partial charge in [0, 0.05) is 6.42 Å². The molecule has 1 saturated carbocycles. The molecule has 5 nitrogen and oxygen atoms in total. The molecule has 0 saturated heterocycles. The lowest BCUT2D eigenvalue weighted by Gasteiger charge is -2.27. The summed E-state index contributed by atoms with van der Waals surface area (Å²) in [5, 5.41) is 5.85. The minimum absolute atomic E-state index is 0.0625. The lowest BCUT2D eigenvalue weighted by molar-refractivity contribution is -0.150. The van der Waals surface area contributed by atoms with Crippen LogP contribution in [0.15, 0.2) is 0 Å². The van der Waals surface area contributed by atoms with Crippen LogP contribution in [0.4, 0.5) is 0 Å². The molecule has 0 bridgehead atoms. The molecule has 98 valence electrons. The Morgan fingerprint density at radius 2 is 1.94 bits per heavy atom. The van der Waals surface area contributed by atoms with Crippen molar-refractivity contribution in [3.05, 3.63) is 0 Å². The molecule has 5 heteroatoms. The van der Waals surface area contributed by atoms with Gasteiger partial charge in [0.15, 0.2) is 0 Å². The van der Waals surface area contributed by atoms with Gasteiger partial charge in [-0.1, -0.05) is 12.8 Å². The zero-order valence-corrected chi connectivity index (χ0v) is 10.7. The fourth-order valence-corrected chi connectivity index (χ4v) is 2.31. The number of ether oxygens (including phenoxy) is 1. The number of amides is 1. The first-order chi connectivity index (χ1) is 8.14. The van der Waals surface area contributed by atoms with Crippen molar-refractivity contribution in [3.63, 3.8) is 0 Å². The molecule has 0 unspecified atom stereocenters. The fraction of sp³-hybridized carbons (Fsp3) is 0.833. The highest BCUT2D eigenvalue weighted by atomic mass is 16.5. The second-order valence-corrected chi connectivity index (χ2v) is 4.54. The highest BCUT2D eigenvalue weighted by molar-refractivity contribution is 5.88. The van der Waals surface area contributed by atoms with Gasteiger partial charge in [-0.3, -0.25) is 4.79 Å². The monoisotopic (exact) mass is 242 g/mol. The number of nitrogens with one attached hydrogen (secondary N) is 2. The molecule has 0 atom stereocenters. The number of carbonyl (C=O) groups excluding carboxylic acids is 2. The number of esters is 1. The summed E-state index contributed by atoms with van der Waals surface area (Å²) in [5.74, 6) is -0.371. The number of hydrogen-bond acceptors (Lipinski definition) is 4. The zero-order valence-electron chi connectivity index (χ0n) is 10.7. The van der Waals surface area contributed by atoms with E-state index in [1.165, 1.54) is 7.11 Å². The molecule has 0 heterocycles. The molecule has 17 heavy (non-hydrogen) atoms. The quantitative estimate of drug-likeness (QED) is 0.528. The highest BCUT2D eigenvalue weighted by Crippen LogP contribution is 2.30. The fourth-order valence-electron chi connectivity index (χ4n) is 2.31. The topological polar surface area (TPSA) is 67.4 Å². The molecule has 0 aromatic carbocycles. The van der Waals surface area contributed by atoms with Gasteiger partial charge in [-0.05, 0) is 32.9 Å². The first-order valence-corrected chi connectivity index (χ1v) is 6.18. The van der Waals surface area contributed by atoms with Gasteiger partial charge in [0.05, 0.1) is 7.11 Å². The summed E-state index contributed by atoms with van der Waals surface area (Å²) in [5.41, 5.74) is -0.758. The summed E-state index contributed by atoms with van der Waals surface area (Å²) >= 11 is 0. The third-order valence-electron chi connectivity index (χ3n) is 3.24. The summed E-state index contributed by atoms with van der Waals surface area (Å²) < 4.78 is 4.80. The largest absolute Gasteiger partial charge is 0.467 e. The maximum Gasteiger partial charge on any atom is 0.331 e. The van der Waals surface area contributed by atoms with E-state index in [0.717, 1.165) is 25.8 Å². The van der Waals surface area contributed by atoms with E-state index in [2.05, 4.69) is 10.6 Å². The number of hydrogen-bond donors (Lipinski definition) is 2. The standard InChI is InChI=1S/C12H22N2O3/c1-13-9-5-6-10(15)14-12(11(16)17-2)7-3-4-8-12/h13H,3-9H2,1-2H3,(H,14,15). The van der Waals surface area contributed by atoms with Crippen LogP contribution in [0.1, 0.15) is 38.5 Å². The normalized spacial score (nSPS) is 17.8. The summed E-state index contributed by atoms with van der Waals surface area (Å²) in [6, 6.07) is 0. The van der Waals surface area contributed by atoms with Gasteiger partial charge in [-0.2, -0.15) is 0 Å². The Bertz CT molecular complexity index is 273. The van der Waals surface area contributed by atoms with Crippen LogP contribution in [-0.4, -0.2) is 38.1 Å². The maximum atomic E-state index is 11.8. The Balaban J connectivity index is 2.49. The van der Waals surface area contributed by atoms with E-state index in [4.69, 9.17) is 4.74 Å². The Kier molecular flexibility index (Phi) is 5.41. The first kappa shape index (κ1) is 14.0. The lowest BCUT2D eigenvalue weighted by Crippen LogP contribution is -2.53. The molecule has 0 spiro atoms. The Morgan fingerprint density at radius 1 is 1.29 bits per heavy atom. The molecule has 0 radical (unpaired) electrons. The molecular weight excluding hydrogens is 220 g/mol. The molecular formula is C12H22N2O3. The van der Waals surface area contributed by atoms with Crippen molar-refractivity contribution in [2.24, 2.45) is 0 Å². The van der Waals surface area contributed by atoms with Crippen LogP contribution in [0.3, 0.4) is 0 Å². The number of carbonyl (C=O) groups is 2. The van der Waals surface area contributed by atoms with Crippen molar-refractivity contribution < 1.29 is 14.3 Å². The molecule has 0 aromatic heterocycles. The minimum Gasteiger partial charge on any atom is -0.467 e. The Labute approximate surface area is 102 Å². The van der Waals surface area contributed by atoms with E-state index >= 15 is 0 Å². The molecule has 1 rings (SSSR count). The molecule has 0 aromatic rings. The van der Waals surface area contributed by atoms with E-state index < -0.39 is 5.54 Å². The van der Waals surface area contributed by atoms with Crippen molar-refractivity contribution in [1.82, 2.24) is 10.6 Å². The minimum atomic E-state index is -0.758. The maximum absolute atomic E-state index is 11.8. The van der Waals surface area contributed by atoms with E-state index in [9.17, 15) is 9.59 Å². The Hall–Kier alpha value is -1.10. The van der Waals surface area contributed by atoms with Crippen LogP contribution in [0.2, 0.25) is 0 Å². The predicted octanol–water partition coefficient (Wildman–Crippen LogP) is 0.588. The Morgan fingerprint density at radius 3 is 2.47 bits per heavy atom. The van der Waals surface area contributed by atoms with Crippen molar-refractivity contribution in [2.75, 3.05) is 20.7 Å². The van der Waals surface area contributed by atoms with Crippen LogP contribution in [0.5, 0.6) is 0 Å². The van der Waals surface area contributed by atoms with Crippen molar-refractivity contribution >= 4 is 11.9 Å². The number of rotatable bonds is 6. The van der Waals surface area contributed by atoms with Gasteiger partial charge in [0.25, 0.3) is 0 Å².